The molecule has 128 valence electrons. The van der Waals surface area contributed by atoms with Crippen molar-refractivity contribution >= 4 is 40.6 Å². The lowest BCUT2D eigenvalue weighted by atomic mass is 10.1. The van der Waals surface area contributed by atoms with Crippen molar-refractivity contribution in [3.05, 3.63) is 34.9 Å². The Morgan fingerprint density at radius 3 is 2.46 bits per heavy atom. The van der Waals surface area contributed by atoms with E-state index in [0.717, 1.165) is 4.90 Å². The number of rotatable bonds is 7. The molecule has 7 heteroatoms. The van der Waals surface area contributed by atoms with Crippen LogP contribution in [0.3, 0.4) is 0 Å². The fraction of sp³-hybridized carbons (Fsp3) is 0.353. The van der Waals surface area contributed by atoms with Gasteiger partial charge in [0.1, 0.15) is 5.03 Å². The Balaban J connectivity index is 2.13. The van der Waals surface area contributed by atoms with Crippen molar-refractivity contribution in [3.63, 3.8) is 0 Å². The smallest absolute Gasteiger partial charge is 0.273 e. The van der Waals surface area contributed by atoms with Crippen LogP contribution in [-0.2, 0) is 19.1 Å². The van der Waals surface area contributed by atoms with Gasteiger partial charge in [0.25, 0.3) is 11.8 Å². The maximum Gasteiger partial charge on any atom is 0.273 e. The highest BCUT2D eigenvalue weighted by molar-refractivity contribution is 6.55. The lowest BCUT2D eigenvalue weighted by Crippen LogP contribution is -2.32. The third-order valence-corrected chi connectivity index (χ3v) is 3.83. The Morgan fingerprint density at radius 1 is 1.21 bits per heavy atom. The van der Waals surface area contributed by atoms with E-state index in [1.807, 2.05) is 6.92 Å². The second-order valence-electron chi connectivity index (χ2n) is 5.26. The van der Waals surface area contributed by atoms with E-state index >= 15 is 0 Å². The molecule has 1 N–H and O–H groups in total. The van der Waals surface area contributed by atoms with Gasteiger partial charge in [0.2, 0.25) is 5.91 Å². The number of carbonyl (C=O) groups excluding carboxylic acids is 3. The number of halogens is 1. The molecule has 0 unspecified atom stereocenters. The summed E-state index contributed by atoms with van der Waals surface area (Å²) in [6.45, 7) is 4.63. The average Bonchev–Trinajstić information content (AvgIpc) is 2.75. The molecule has 0 saturated heterocycles. The first-order chi connectivity index (χ1) is 11.5. The van der Waals surface area contributed by atoms with Gasteiger partial charge in [0, 0.05) is 32.4 Å². The highest BCUT2D eigenvalue weighted by Crippen LogP contribution is 2.32. The van der Waals surface area contributed by atoms with Crippen LogP contribution in [0.25, 0.3) is 5.57 Å². The van der Waals surface area contributed by atoms with Crippen LogP contribution in [0.4, 0.5) is 5.69 Å². The molecule has 0 saturated carbocycles. The van der Waals surface area contributed by atoms with Crippen molar-refractivity contribution in [3.8, 4) is 0 Å². The van der Waals surface area contributed by atoms with Crippen molar-refractivity contribution in [1.82, 2.24) is 4.90 Å². The normalized spacial score (nSPS) is 14.5. The molecule has 0 aromatic heterocycles. The van der Waals surface area contributed by atoms with Crippen LogP contribution in [0.1, 0.15) is 25.8 Å². The third kappa shape index (κ3) is 4.01. The molecule has 6 nitrogen and oxygen atoms in total. The van der Waals surface area contributed by atoms with Crippen LogP contribution in [0, 0.1) is 0 Å². The van der Waals surface area contributed by atoms with Gasteiger partial charge in [-0.25, -0.2) is 0 Å². The minimum absolute atomic E-state index is 0.0799. The lowest BCUT2D eigenvalue weighted by molar-refractivity contribution is -0.136. The SMILES string of the molecule is CCOCCCN1C(=O)C(Cl)=C(c2ccc(NC(C)=O)cc2)C1=O. The summed E-state index contributed by atoms with van der Waals surface area (Å²) in [5.41, 5.74) is 1.33. The van der Waals surface area contributed by atoms with Gasteiger partial charge in [-0.15, -0.1) is 0 Å². The van der Waals surface area contributed by atoms with Crippen molar-refractivity contribution in [1.29, 1.82) is 0 Å². The van der Waals surface area contributed by atoms with E-state index in [1.165, 1.54) is 6.92 Å². The molecule has 1 heterocycles. The first kappa shape index (κ1) is 18.2. The van der Waals surface area contributed by atoms with Crippen LogP contribution in [-0.4, -0.2) is 42.4 Å². The maximum atomic E-state index is 12.5. The van der Waals surface area contributed by atoms with Gasteiger partial charge in [-0.3, -0.25) is 19.3 Å². The zero-order valence-electron chi connectivity index (χ0n) is 13.6. The van der Waals surface area contributed by atoms with E-state index < -0.39 is 11.8 Å². The summed E-state index contributed by atoms with van der Waals surface area (Å²) >= 11 is 6.08. The fourth-order valence-corrected chi connectivity index (χ4v) is 2.68. The van der Waals surface area contributed by atoms with Gasteiger partial charge in [-0.2, -0.15) is 0 Å². The first-order valence-electron chi connectivity index (χ1n) is 7.67. The quantitative estimate of drug-likeness (QED) is 0.605. The van der Waals surface area contributed by atoms with E-state index in [4.69, 9.17) is 16.3 Å². The Kier molecular flexibility index (Phi) is 6.11. The number of anilines is 1. The standard InChI is InChI=1S/C17H19ClN2O4/c1-3-24-10-4-9-20-16(22)14(15(18)17(20)23)12-5-7-13(8-6-12)19-11(2)21/h5-8H,3-4,9-10H2,1-2H3,(H,19,21). The summed E-state index contributed by atoms with van der Waals surface area (Å²) in [6, 6.07) is 6.61. The molecule has 0 aliphatic carbocycles. The summed E-state index contributed by atoms with van der Waals surface area (Å²) in [7, 11) is 0. The minimum Gasteiger partial charge on any atom is -0.382 e. The van der Waals surface area contributed by atoms with Crippen LogP contribution >= 0.6 is 11.6 Å². The maximum absolute atomic E-state index is 12.5. The molecule has 1 aromatic rings. The summed E-state index contributed by atoms with van der Waals surface area (Å²) < 4.78 is 5.22. The summed E-state index contributed by atoms with van der Waals surface area (Å²) in [5, 5.41) is 2.56. The molecule has 0 radical (unpaired) electrons. The Labute approximate surface area is 145 Å². The topological polar surface area (TPSA) is 75.7 Å². The Hall–Kier alpha value is -2.18. The fourth-order valence-electron chi connectivity index (χ4n) is 2.39. The summed E-state index contributed by atoms with van der Waals surface area (Å²) in [4.78, 5) is 36.9. The number of carbonyl (C=O) groups is 3. The second-order valence-corrected chi connectivity index (χ2v) is 5.64. The van der Waals surface area contributed by atoms with Gasteiger partial charge in [0.15, 0.2) is 0 Å². The number of hydrogen-bond acceptors (Lipinski definition) is 4. The van der Waals surface area contributed by atoms with Crippen LogP contribution < -0.4 is 5.32 Å². The van der Waals surface area contributed by atoms with Gasteiger partial charge < -0.3 is 10.1 Å². The molecule has 1 aliphatic rings. The average molecular weight is 351 g/mol. The number of hydrogen-bond donors (Lipinski definition) is 1. The number of nitrogens with one attached hydrogen (secondary N) is 1. The molecule has 24 heavy (non-hydrogen) atoms. The largest absolute Gasteiger partial charge is 0.382 e. The minimum atomic E-state index is -0.487. The number of ether oxygens (including phenoxy) is 1. The molecule has 0 atom stereocenters. The number of imide groups is 1. The van der Waals surface area contributed by atoms with Gasteiger partial charge >= 0.3 is 0 Å². The highest BCUT2D eigenvalue weighted by atomic mass is 35.5. The third-order valence-electron chi connectivity index (χ3n) is 3.48. The van der Waals surface area contributed by atoms with Crippen molar-refractivity contribution in [2.45, 2.75) is 20.3 Å². The van der Waals surface area contributed by atoms with Crippen molar-refractivity contribution in [2.24, 2.45) is 0 Å². The highest BCUT2D eigenvalue weighted by Gasteiger charge is 2.37. The molecule has 0 fully saturated rings. The molecular weight excluding hydrogens is 332 g/mol. The number of benzene rings is 1. The molecule has 0 bridgehead atoms. The second kappa shape index (κ2) is 8.08. The number of nitrogens with zero attached hydrogens (tertiary/aromatic N) is 1. The van der Waals surface area contributed by atoms with Crippen LogP contribution in [0.2, 0.25) is 0 Å². The van der Waals surface area contributed by atoms with Crippen LogP contribution in [0.5, 0.6) is 0 Å². The van der Waals surface area contributed by atoms with Crippen molar-refractivity contribution in [2.75, 3.05) is 25.1 Å². The molecule has 1 aliphatic heterocycles. The van der Waals surface area contributed by atoms with Gasteiger partial charge in [-0.1, -0.05) is 23.7 Å². The zero-order valence-corrected chi connectivity index (χ0v) is 14.4. The van der Waals surface area contributed by atoms with Crippen LogP contribution in [0.15, 0.2) is 29.3 Å². The van der Waals surface area contributed by atoms with Gasteiger partial charge in [-0.05, 0) is 31.0 Å². The first-order valence-corrected chi connectivity index (χ1v) is 8.05. The monoisotopic (exact) mass is 350 g/mol. The van der Waals surface area contributed by atoms with Crippen molar-refractivity contribution < 1.29 is 19.1 Å². The van der Waals surface area contributed by atoms with E-state index in [1.54, 1.807) is 24.3 Å². The van der Waals surface area contributed by atoms with E-state index in [2.05, 4.69) is 5.32 Å². The van der Waals surface area contributed by atoms with Gasteiger partial charge in [0.05, 0.1) is 5.57 Å². The molecule has 1 aromatic carbocycles. The summed E-state index contributed by atoms with van der Waals surface area (Å²) in [5.74, 6) is -1.08. The lowest BCUT2D eigenvalue weighted by Gasteiger charge is -2.14. The molecule has 2 rings (SSSR count). The predicted molar refractivity (Wildman–Crippen MR) is 91.3 cm³/mol. The van der Waals surface area contributed by atoms with E-state index in [0.29, 0.717) is 30.9 Å². The Morgan fingerprint density at radius 2 is 1.88 bits per heavy atom. The molecular formula is C17H19ClN2O4. The Bertz CT molecular complexity index is 682. The van der Waals surface area contributed by atoms with E-state index in [9.17, 15) is 14.4 Å². The van der Waals surface area contributed by atoms with E-state index in [-0.39, 0.29) is 23.1 Å². The predicted octanol–water partition coefficient (Wildman–Crippen LogP) is 2.39. The molecule has 3 amide bonds. The summed E-state index contributed by atoms with van der Waals surface area (Å²) in [6.07, 6.45) is 0.560. The number of amides is 3. The zero-order chi connectivity index (χ0) is 17.7. The molecule has 0 spiro atoms.